The molecule has 0 aromatic carbocycles. The first kappa shape index (κ1) is 9.71. The van der Waals surface area contributed by atoms with Gasteiger partial charge in [-0.3, -0.25) is 9.78 Å². The van der Waals surface area contributed by atoms with E-state index in [4.69, 9.17) is 0 Å². The van der Waals surface area contributed by atoms with Crippen LogP contribution in [0.25, 0.3) is 11.0 Å². The second-order valence-corrected chi connectivity index (χ2v) is 3.45. The van der Waals surface area contributed by atoms with Crippen molar-refractivity contribution < 1.29 is 4.79 Å². The molecule has 0 aliphatic heterocycles. The molecular formula is C11H13N3O. The average molecular weight is 203 g/mol. The van der Waals surface area contributed by atoms with Gasteiger partial charge in [-0.2, -0.15) is 0 Å². The summed E-state index contributed by atoms with van der Waals surface area (Å²) in [5.41, 5.74) is 3.16. The second-order valence-electron chi connectivity index (χ2n) is 3.45. The van der Waals surface area contributed by atoms with Gasteiger partial charge in [0.2, 0.25) is 5.91 Å². The van der Waals surface area contributed by atoms with Crippen molar-refractivity contribution in [2.45, 2.75) is 13.3 Å². The smallest absolute Gasteiger partial charge is 0.216 e. The molecule has 0 spiro atoms. The van der Waals surface area contributed by atoms with Gasteiger partial charge in [0.05, 0.1) is 11.0 Å². The van der Waals surface area contributed by atoms with E-state index in [0.717, 1.165) is 23.0 Å². The van der Waals surface area contributed by atoms with Gasteiger partial charge in [0, 0.05) is 25.9 Å². The van der Waals surface area contributed by atoms with E-state index in [0.29, 0.717) is 6.54 Å². The van der Waals surface area contributed by atoms with Crippen molar-refractivity contribution in [2.24, 2.45) is 0 Å². The Hall–Kier alpha value is -1.84. The van der Waals surface area contributed by atoms with Gasteiger partial charge >= 0.3 is 0 Å². The van der Waals surface area contributed by atoms with Gasteiger partial charge in [-0.15, -0.1) is 0 Å². The molecule has 4 nitrogen and oxygen atoms in total. The Morgan fingerprint density at radius 1 is 1.60 bits per heavy atom. The van der Waals surface area contributed by atoms with Crippen LogP contribution in [-0.4, -0.2) is 22.4 Å². The second kappa shape index (κ2) is 4.13. The number of nitrogens with zero attached hydrogens (tertiary/aromatic N) is 1. The monoisotopic (exact) mass is 203 g/mol. The Morgan fingerprint density at radius 2 is 2.47 bits per heavy atom. The minimum absolute atomic E-state index is 0.00259. The number of carbonyl (C=O) groups excluding carboxylic acids is 1. The maximum atomic E-state index is 10.7. The van der Waals surface area contributed by atoms with Crippen LogP contribution in [0, 0.1) is 0 Å². The Kier molecular flexibility index (Phi) is 2.67. The number of rotatable bonds is 3. The zero-order valence-electron chi connectivity index (χ0n) is 8.58. The summed E-state index contributed by atoms with van der Waals surface area (Å²) in [5.74, 6) is 0.00259. The van der Waals surface area contributed by atoms with E-state index in [1.165, 1.54) is 6.92 Å². The third-order valence-electron chi connectivity index (χ3n) is 2.28. The number of aromatic nitrogens is 2. The third-order valence-corrected chi connectivity index (χ3v) is 2.28. The fourth-order valence-electron chi connectivity index (χ4n) is 1.57. The summed E-state index contributed by atoms with van der Waals surface area (Å²) in [5, 5.41) is 2.77. The summed E-state index contributed by atoms with van der Waals surface area (Å²) in [4.78, 5) is 18.1. The number of nitrogens with one attached hydrogen (secondary N) is 2. The van der Waals surface area contributed by atoms with Crippen molar-refractivity contribution in [3.63, 3.8) is 0 Å². The van der Waals surface area contributed by atoms with Crippen molar-refractivity contribution in [3.05, 3.63) is 30.1 Å². The fourth-order valence-corrected chi connectivity index (χ4v) is 1.57. The molecule has 4 heteroatoms. The van der Waals surface area contributed by atoms with Crippen LogP contribution in [0.15, 0.2) is 24.5 Å². The molecule has 2 aromatic rings. The van der Waals surface area contributed by atoms with Crippen LogP contribution in [-0.2, 0) is 11.2 Å². The summed E-state index contributed by atoms with van der Waals surface area (Å²) in [7, 11) is 0. The standard InChI is InChI=1S/C11H13N3O/c1-8(15)12-6-4-9-7-14-10-3-2-5-13-11(9)10/h2-3,5,7,14H,4,6H2,1H3,(H,12,15). The quantitative estimate of drug-likeness (QED) is 0.788. The number of carbonyl (C=O) groups is 1. The van der Waals surface area contributed by atoms with Crippen LogP contribution in [0.1, 0.15) is 12.5 Å². The molecule has 0 saturated heterocycles. The number of hydrogen-bond donors (Lipinski definition) is 2. The van der Waals surface area contributed by atoms with Crippen LogP contribution < -0.4 is 5.32 Å². The van der Waals surface area contributed by atoms with Crippen LogP contribution >= 0.6 is 0 Å². The number of hydrogen-bond acceptors (Lipinski definition) is 2. The normalized spacial score (nSPS) is 10.5. The molecule has 2 heterocycles. The zero-order chi connectivity index (χ0) is 10.7. The Labute approximate surface area is 87.7 Å². The summed E-state index contributed by atoms with van der Waals surface area (Å²) in [6.07, 6.45) is 4.52. The first-order valence-corrected chi connectivity index (χ1v) is 4.93. The number of fused-ring (bicyclic) bond motifs is 1. The third kappa shape index (κ3) is 2.15. The van der Waals surface area contributed by atoms with Gasteiger partial charge in [0.15, 0.2) is 0 Å². The lowest BCUT2D eigenvalue weighted by atomic mass is 10.2. The van der Waals surface area contributed by atoms with Crippen molar-refractivity contribution >= 4 is 16.9 Å². The molecule has 78 valence electrons. The van der Waals surface area contributed by atoms with E-state index in [1.807, 2.05) is 18.3 Å². The predicted octanol–water partition coefficient (Wildman–Crippen LogP) is 1.24. The SMILES string of the molecule is CC(=O)NCCc1c[nH]c2cccnc12. The number of H-pyrrole nitrogens is 1. The Balaban J connectivity index is 2.11. The van der Waals surface area contributed by atoms with E-state index in [2.05, 4.69) is 15.3 Å². The molecular weight excluding hydrogens is 190 g/mol. The highest BCUT2D eigenvalue weighted by atomic mass is 16.1. The van der Waals surface area contributed by atoms with Gasteiger partial charge < -0.3 is 10.3 Å². The van der Waals surface area contributed by atoms with Crippen molar-refractivity contribution in [2.75, 3.05) is 6.54 Å². The highest BCUT2D eigenvalue weighted by Gasteiger charge is 2.03. The lowest BCUT2D eigenvalue weighted by molar-refractivity contribution is -0.118. The topological polar surface area (TPSA) is 57.8 Å². The van der Waals surface area contributed by atoms with Crippen molar-refractivity contribution in [3.8, 4) is 0 Å². The maximum absolute atomic E-state index is 10.7. The number of amides is 1. The first-order valence-electron chi connectivity index (χ1n) is 4.93. The van der Waals surface area contributed by atoms with Gasteiger partial charge in [-0.25, -0.2) is 0 Å². The summed E-state index contributed by atoms with van der Waals surface area (Å²) in [6, 6.07) is 3.89. The summed E-state index contributed by atoms with van der Waals surface area (Å²) < 4.78 is 0. The molecule has 2 rings (SSSR count). The van der Waals surface area contributed by atoms with Gasteiger partial charge in [-0.1, -0.05) is 0 Å². The maximum Gasteiger partial charge on any atom is 0.216 e. The minimum Gasteiger partial charge on any atom is -0.360 e. The molecule has 0 radical (unpaired) electrons. The molecule has 0 saturated carbocycles. The lowest BCUT2D eigenvalue weighted by Crippen LogP contribution is -2.22. The molecule has 0 atom stereocenters. The highest BCUT2D eigenvalue weighted by Crippen LogP contribution is 2.14. The average Bonchev–Trinajstić information content (AvgIpc) is 2.62. The molecule has 0 aliphatic carbocycles. The van der Waals surface area contributed by atoms with Gasteiger partial charge in [-0.05, 0) is 24.1 Å². The Morgan fingerprint density at radius 3 is 3.27 bits per heavy atom. The van der Waals surface area contributed by atoms with Crippen LogP contribution in [0.5, 0.6) is 0 Å². The molecule has 0 aliphatic rings. The van der Waals surface area contributed by atoms with Gasteiger partial charge in [0.25, 0.3) is 0 Å². The highest BCUT2D eigenvalue weighted by molar-refractivity contribution is 5.78. The van der Waals surface area contributed by atoms with E-state index in [1.54, 1.807) is 6.20 Å². The summed E-state index contributed by atoms with van der Waals surface area (Å²) >= 11 is 0. The predicted molar refractivity (Wildman–Crippen MR) is 58.5 cm³/mol. The zero-order valence-corrected chi connectivity index (χ0v) is 8.58. The fraction of sp³-hybridized carbons (Fsp3) is 0.273. The van der Waals surface area contributed by atoms with Crippen LogP contribution in [0.2, 0.25) is 0 Å². The number of aromatic amines is 1. The molecule has 0 fully saturated rings. The van der Waals surface area contributed by atoms with E-state index >= 15 is 0 Å². The minimum atomic E-state index is 0.00259. The molecule has 0 unspecified atom stereocenters. The molecule has 2 aromatic heterocycles. The lowest BCUT2D eigenvalue weighted by Gasteiger charge is -2.00. The van der Waals surface area contributed by atoms with Crippen molar-refractivity contribution in [1.29, 1.82) is 0 Å². The van der Waals surface area contributed by atoms with E-state index < -0.39 is 0 Å². The molecule has 15 heavy (non-hydrogen) atoms. The van der Waals surface area contributed by atoms with Gasteiger partial charge in [0.1, 0.15) is 0 Å². The largest absolute Gasteiger partial charge is 0.360 e. The first-order chi connectivity index (χ1) is 7.27. The molecule has 0 bridgehead atoms. The number of pyridine rings is 1. The Bertz CT molecular complexity index is 475. The van der Waals surface area contributed by atoms with E-state index in [-0.39, 0.29) is 5.91 Å². The van der Waals surface area contributed by atoms with Crippen LogP contribution in [0.4, 0.5) is 0 Å². The van der Waals surface area contributed by atoms with Crippen LogP contribution in [0.3, 0.4) is 0 Å². The van der Waals surface area contributed by atoms with E-state index in [9.17, 15) is 4.79 Å². The summed E-state index contributed by atoms with van der Waals surface area (Å²) in [6.45, 7) is 2.17. The van der Waals surface area contributed by atoms with Crippen molar-refractivity contribution in [1.82, 2.24) is 15.3 Å². The molecule has 2 N–H and O–H groups in total. The molecule has 1 amide bonds.